The first-order valence-corrected chi connectivity index (χ1v) is 5.91. The van der Waals surface area contributed by atoms with Crippen molar-refractivity contribution in [3.05, 3.63) is 41.7 Å². The molecule has 0 aliphatic heterocycles. The summed E-state index contributed by atoms with van der Waals surface area (Å²) in [7, 11) is 1.74. The summed E-state index contributed by atoms with van der Waals surface area (Å²) in [5.41, 5.74) is 3.83. The number of fused-ring (bicyclic) bond motifs is 1. The lowest BCUT2D eigenvalue weighted by Gasteiger charge is -2.03. The minimum absolute atomic E-state index is 0.212. The molecule has 5 nitrogen and oxygen atoms in total. The van der Waals surface area contributed by atoms with Gasteiger partial charge in [0.05, 0.1) is 11.9 Å². The van der Waals surface area contributed by atoms with Crippen LogP contribution in [-0.2, 0) is 7.05 Å². The van der Waals surface area contributed by atoms with Crippen molar-refractivity contribution < 1.29 is 9.90 Å². The van der Waals surface area contributed by atoms with E-state index in [0.29, 0.717) is 5.69 Å². The van der Waals surface area contributed by atoms with Gasteiger partial charge in [-0.2, -0.15) is 5.10 Å². The molecule has 0 unspecified atom stereocenters. The highest BCUT2D eigenvalue weighted by Gasteiger charge is 2.19. The Kier molecular flexibility index (Phi) is 2.41. The number of carbonyl (C=O) groups is 1. The number of nitrogens with one attached hydrogen (secondary N) is 1. The number of aromatic nitrogens is 3. The second-order valence-electron chi connectivity index (χ2n) is 4.59. The van der Waals surface area contributed by atoms with Crippen LogP contribution >= 0.6 is 0 Å². The van der Waals surface area contributed by atoms with Gasteiger partial charge in [0.1, 0.15) is 5.56 Å². The third-order valence-electron chi connectivity index (χ3n) is 3.26. The van der Waals surface area contributed by atoms with E-state index in [1.807, 2.05) is 31.3 Å². The van der Waals surface area contributed by atoms with Gasteiger partial charge in [0.2, 0.25) is 0 Å². The lowest BCUT2D eigenvalue weighted by atomic mass is 10.1. The molecule has 1 aromatic carbocycles. The number of carboxylic acid groups (broad SMARTS) is 1. The van der Waals surface area contributed by atoms with Gasteiger partial charge in [-0.25, -0.2) is 4.79 Å². The van der Waals surface area contributed by atoms with Gasteiger partial charge in [0.15, 0.2) is 0 Å². The Labute approximate surface area is 109 Å². The Balaban J connectivity index is 2.31. The molecule has 5 heteroatoms. The quantitative estimate of drug-likeness (QED) is 0.739. The van der Waals surface area contributed by atoms with E-state index < -0.39 is 5.97 Å². The number of hydrogen-bond donors (Lipinski definition) is 2. The molecule has 0 saturated carbocycles. The monoisotopic (exact) mass is 255 g/mol. The Hall–Kier alpha value is -2.56. The summed E-state index contributed by atoms with van der Waals surface area (Å²) in [6, 6.07) is 6.04. The smallest absolute Gasteiger partial charge is 0.339 e. The third kappa shape index (κ3) is 1.71. The van der Waals surface area contributed by atoms with Crippen molar-refractivity contribution in [1.82, 2.24) is 14.8 Å². The maximum Gasteiger partial charge on any atom is 0.339 e. The molecule has 3 rings (SSSR count). The SMILES string of the molecule is Cc1ccc2c(-c3c(C(=O)O)cnn3C)c[nH]c2c1. The van der Waals surface area contributed by atoms with E-state index in [0.717, 1.165) is 22.0 Å². The summed E-state index contributed by atoms with van der Waals surface area (Å²) < 4.78 is 1.59. The summed E-state index contributed by atoms with van der Waals surface area (Å²) in [6.07, 6.45) is 3.21. The van der Waals surface area contributed by atoms with Crippen molar-refractivity contribution in [3.8, 4) is 11.3 Å². The zero-order valence-electron chi connectivity index (χ0n) is 10.6. The van der Waals surface area contributed by atoms with Crippen LogP contribution in [0, 0.1) is 6.92 Å². The fourth-order valence-electron chi connectivity index (χ4n) is 2.35. The van der Waals surface area contributed by atoms with E-state index in [-0.39, 0.29) is 5.56 Å². The predicted octanol–water partition coefficient (Wildman–Crippen LogP) is 2.58. The highest BCUT2D eigenvalue weighted by Crippen LogP contribution is 2.31. The van der Waals surface area contributed by atoms with Crippen LogP contribution in [0.5, 0.6) is 0 Å². The lowest BCUT2D eigenvalue weighted by molar-refractivity contribution is 0.0697. The number of aromatic carboxylic acids is 1. The number of H-pyrrole nitrogens is 1. The highest BCUT2D eigenvalue weighted by molar-refractivity contribution is 6.02. The first kappa shape index (κ1) is 11.5. The van der Waals surface area contributed by atoms with E-state index in [1.165, 1.54) is 6.20 Å². The first-order valence-electron chi connectivity index (χ1n) is 5.91. The van der Waals surface area contributed by atoms with Crippen LogP contribution < -0.4 is 0 Å². The summed E-state index contributed by atoms with van der Waals surface area (Å²) >= 11 is 0. The first-order chi connectivity index (χ1) is 9.08. The number of hydrogen-bond acceptors (Lipinski definition) is 2. The van der Waals surface area contributed by atoms with Crippen LogP contribution in [0.15, 0.2) is 30.6 Å². The van der Waals surface area contributed by atoms with Gasteiger partial charge in [0.25, 0.3) is 0 Å². The fourth-order valence-corrected chi connectivity index (χ4v) is 2.35. The van der Waals surface area contributed by atoms with Crippen LogP contribution in [-0.4, -0.2) is 25.8 Å². The van der Waals surface area contributed by atoms with Crippen molar-refractivity contribution in [2.75, 3.05) is 0 Å². The normalized spacial score (nSPS) is 11.1. The van der Waals surface area contributed by atoms with Crippen molar-refractivity contribution >= 4 is 16.9 Å². The minimum Gasteiger partial charge on any atom is -0.478 e. The van der Waals surface area contributed by atoms with Gasteiger partial charge in [-0.05, 0) is 18.6 Å². The number of benzene rings is 1. The average Bonchev–Trinajstić information content (AvgIpc) is 2.91. The largest absolute Gasteiger partial charge is 0.478 e. The van der Waals surface area contributed by atoms with Crippen LogP contribution in [0.2, 0.25) is 0 Å². The Morgan fingerprint density at radius 3 is 2.95 bits per heavy atom. The van der Waals surface area contributed by atoms with Gasteiger partial charge in [-0.3, -0.25) is 4.68 Å². The van der Waals surface area contributed by atoms with Gasteiger partial charge in [-0.15, -0.1) is 0 Å². The van der Waals surface area contributed by atoms with Crippen LogP contribution in [0.1, 0.15) is 15.9 Å². The van der Waals surface area contributed by atoms with Gasteiger partial charge < -0.3 is 10.1 Å². The number of aryl methyl sites for hydroxylation is 2. The molecule has 0 spiro atoms. The zero-order valence-corrected chi connectivity index (χ0v) is 10.6. The zero-order chi connectivity index (χ0) is 13.6. The van der Waals surface area contributed by atoms with Gasteiger partial charge in [0, 0.05) is 29.7 Å². The number of aromatic amines is 1. The second kappa shape index (κ2) is 3.98. The third-order valence-corrected chi connectivity index (χ3v) is 3.26. The molecule has 0 fully saturated rings. The van der Waals surface area contributed by atoms with Crippen molar-refractivity contribution in [2.24, 2.45) is 7.05 Å². The molecule has 3 aromatic rings. The lowest BCUT2D eigenvalue weighted by Crippen LogP contribution is -2.00. The van der Waals surface area contributed by atoms with Gasteiger partial charge in [-0.1, -0.05) is 12.1 Å². The molecule has 96 valence electrons. The number of carboxylic acids is 1. The van der Waals surface area contributed by atoms with E-state index in [2.05, 4.69) is 10.1 Å². The van der Waals surface area contributed by atoms with E-state index in [1.54, 1.807) is 11.7 Å². The summed E-state index contributed by atoms with van der Waals surface area (Å²) in [5, 5.41) is 14.3. The van der Waals surface area contributed by atoms with Crippen LogP contribution in [0.4, 0.5) is 0 Å². The molecule has 0 aliphatic carbocycles. The maximum atomic E-state index is 11.3. The molecular weight excluding hydrogens is 242 g/mol. The minimum atomic E-state index is -0.968. The van der Waals surface area contributed by atoms with Crippen molar-refractivity contribution in [1.29, 1.82) is 0 Å². The average molecular weight is 255 g/mol. The Bertz CT molecular complexity index is 783. The molecule has 0 aliphatic rings. The highest BCUT2D eigenvalue weighted by atomic mass is 16.4. The molecule has 0 amide bonds. The van der Waals surface area contributed by atoms with E-state index >= 15 is 0 Å². The fraction of sp³-hybridized carbons (Fsp3) is 0.143. The molecule has 2 heterocycles. The Morgan fingerprint density at radius 2 is 2.21 bits per heavy atom. The molecule has 19 heavy (non-hydrogen) atoms. The summed E-state index contributed by atoms with van der Waals surface area (Å²) in [6.45, 7) is 2.02. The summed E-state index contributed by atoms with van der Waals surface area (Å²) in [5.74, 6) is -0.968. The molecule has 0 radical (unpaired) electrons. The van der Waals surface area contributed by atoms with Crippen LogP contribution in [0.3, 0.4) is 0 Å². The summed E-state index contributed by atoms with van der Waals surface area (Å²) in [4.78, 5) is 14.4. The van der Waals surface area contributed by atoms with Crippen molar-refractivity contribution in [3.63, 3.8) is 0 Å². The van der Waals surface area contributed by atoms with Crippen molar-refractivity contribution in [2.45, 2.75) is 6.92 Å². The van der Waals surface area contributed by atoms with Crippen LogP contribution in [0.25, 0.3) is 22.2 Å². The second-order valence-corrected chi connectivity index (χ2v) is 4.59. The van der Waals surface area contributed by atoms with Gasteiger partial charge >= 0.3 is 5.97 Å². The molecule has 0 atom stereocenters. The molecule has 0 saturated heterocycles. The molecular formula is C14H13N3O2. The van der Waals surface area contributed by atoms with E-state index in [4.69, 9.17) is 0 Å². The number of rotatable bonds is 2. The Morgan fingerprint density at radius 1 is 1.42 bits per heavy atom. The molecule has 0 bridgehead atoms. The topological polar surface area (TPSA) is 70.9 Å². The molecule has 2 N–H and O–H groups in total. The number of nitrogens with zero attached hydrogens (tertiary/aromatic N) is 2. The standard InChI is InChI=1S/C14H13N3O2/c1-8-3-4-9-10(6-15-12(9)5-8)13-11(14(18)19)7-16-17(13)2/h3-7,15H,1-2H3,(H,18,19). The van der Waals surface area contributed by atoms with E-state index in [9.17, 15) is 9.90 Å². The molecule has 2 aromatic heterocycles. The maximum absolute atomic E-state index is 11.3. The predicted molar refractivity (Wildman–Crippen MR) is 72.2 cm³/mol.